The molecule has 126 valence electrons. The Hall–Kier alpha value is -3.13. The summed E-state index contributed by atoms with van der Waals surface area (Å²) in [7, 11) is 0. The van der Waals surface area contributed by atoms with Crippen molar-refractivity contribution in [3.63, 3.8) is 0 Å². The third-order valence-corrected chi connectivity index (χ3v) is 4.27. The first-order chi connectivity index (χ1) is 12.2. The molecule has 0 N–H and O–H groups in total. The highest BCUT2D eigenvalue weighted by Gasteiger charge is 2.37. The lowest BCUT2D eigenvalue weighted by atomic mass is 10.1. The topological polar surface area (TPSA) is 92.7 Å². The van der Waals surface area contributed by atoms with Crippen LogP contribution in [-0.2, 0) is 4.74 Å². The first kappa shape index (κ1) is 15.4. The Morgan fingerprint density at radius 1 is 0.920 bits per heavy atom. The van der Waals surface area contributed by atoms with Gasteiger partial charge in [-0.2, -0.15) is 10.2 Å². The van der Waals surface area contributed by atoms with Gasteiger partial charge in [0, 0.05) is 18.7 Å². The first-order valence-corrected chi connectivity index (χ1v) is 7.83. The molecule has 3 heterocycles. The molecule has 0 bridgehead atoms. The highest BCUT2D eigenvalue weighted by Crippen LogP contribution is 2.27. The number of amides is 3. The Morgan fingerprint density at radius 3 is 2.04 bits per heavy atom. The lowest BCUT2D eigenvalue weighted by Gasteiger charge is -2.27. The minimum absolute atomic E-state index is 0.0920. The van der Waals surface area contributed by atoms with Crippen LogP contribution in [0, 0.1) is 0 Å². The maximum absolute atomic E-state index is 12.4. The van der Waals surface area contributed by atoms with E-state index in [0.29, 0.717) is 37.6 Å². The van der Waals surface area contributed by atoms with E-state index in [1.807, 2.05) is 0 Å². The second kappa shape index (κ2) is 6.06. The monoisotopic (exact) mass is 338 g/mol. The lowest BCUT2D eigenvalue weighted by Crippen LogP contribution is -2.40. The summed E-state index contributed by atoms with van der Waals surface area (Å²) < 4.78 is 5.24. The van der Waals surface area contributed by atoms with Gasteiger partial charge in [0.1, 0.15) is 0 Å². The van der Waals surface area contributed by atoms with Crippen LogP contribution in [0.3, 0.4) is 0 Å². The van der Waals surface area contributed by atoms with Gasteiger partial charge in [0.2, 0.25) is 0 Å². The van der Waals surface area contributed by atoms with Gasteiger partial charge in [0.25, 0.3) is 17.7 Å². The average Bonchev–Trinajstić information content (AvgIpc) is 2.93. The number of carbonyl (C=O) groups is 3. The molecule has 1 saturated heterocycles. The van der Waals surface area contributed by atoms with Crippen molar-refractivity contribution in [3.05, 3.63) is 53.3 Å². The molecule has 2 aliphatic rings. The third kappa shape index (κ3) is 2.56. The van der Waals surface area contributed by atoms with E-state index < -0.39 is 11.8 Å². The van der Waals surface area contributed by atoms with Gasteiger partial charge in [-0.1, -0.05) is 0 Å². The molecule has 0 unspecified atom stereocenters. The number of aromatic nitrogens is 2. The van der Waals surface area contributed by atoms with E-state index in [2.05, 4.69) is 10.2 Å². The molecule has 1 aromatic heterocycles. The van der Waals surface area contributed by atoms with Gasteiger partial charge in [-0.05, 0) is 24.3 Å². The Labute approximate surface area is 143 Å². The van der Waals surface area contributed by atoms with Crippen molar-refractivity contribution < 1.29 is 19.1 Å². The van der Waals surface area contributed by atoms with Gasteiger partial charge in [-0.25, -0.2) is 4.90 Å². The Balaban J connectivity index is 1.58. The maximum atomic E-state index is 12.4. The molecule has 0 atom stereocenters. The van der Waals surface area contributed by atoms with Gasteiger partial charge in [0.05, 0.1) is 42.4 Å². The van der Waals surface area contributed by atoms with Crippen LogP contribution < -0.4 is 4.90 Å². The molecule has 0 saturated carbocycles. The van der Waals surface area contributed by atoms with Gasteiger partial charge in [-0.3, -0.25) is 14.4 Å². The summed E-state index contributed by atoms with van der Waals surface area (Å²) in [5, 5.41) is 7.30. The number of imide groups is 1. The van der Waals surface area contributed by atoms with Gasteiger partial charge >= 0.3 is 0 Å². The summed E-state index contributed by atoms with van der Waals surface area (Å²) in [6.45, 7) is 2.17. The second-order valence-corrected chi connectivity index (χ2v) is 5.71. The normalized spacial score (nSPS) is 17.0. The standard InChI is InChI=1S/C17H14N4O4/c22-15(20-5-7-25-8-6-20)11-1-3-12(4-2-11)21-16(23)13-9-18-19-10-14(13)17(21)24/h1-4,9-10H,5-8H2. The van der Waals surface area contributed by atoms with Gasteiger partial charge < -0.3 is 9.64 Å². The molecular weight excluding hydrogens is 324 g/mol. The Kier molecular flexibility index (Phi) is 3.73. The number of ether oxygens (including phenoxy) is 1. The van der Waals surface area contributed by atoms with Crippen molar-refractivity contribution in [2.24, 2.45) is 0 Å². The zero-order valence-electron chi connectivity index (χ0n) is 13.2. The molecule has 8 nitrogen and oxygen atoms in total. The van der Waals surface area contributed by atoms with Crippen LogP contribution in [0.15, 0.2) is 36.7 Å². The molecule has 0 radical (unpaired) electrons. The highest BCUT2D eigenvalue weighted by atomic mass is 16.5. The Morgan fingerprint density at radius 2 is 1.48 bits per heavy atom. The van der Waals surface area contributed by atoms with Crippen molar-refractivity contribution in [2.45, 2.75) is 0 Å². The van der Waals surface area contributed by atoms with Crippen molar-refractivity contribution in [3.8, 4) is 0 Å². The van der Waals surface area contributed by atoms with E-state index in [-0.39, 0.29) is 17.0 Å². The molecular formula is C17H14N4O4. The molecule has 1 fully saturated rings. The van der Waals surface area contributed by atoms with E-state index in [0.717, 1.165) is 4.90 Å². The van der Waals surface area contributed by atoms with Crippen LogP contribution in [0.25, 0.3) is 0 Å². The van der Waals surface area contributed by atoms with E-state index in [4.69, 9.17) is 4.74 Å². The zero-order valence-corrected chi connectivity index (χ0v) is 13.2. The number of hydrogen-bond acceptors (Lipinski definition) is 6. The number of carbonyl (C=O) groups excluding carboxylic acids is 3. The summed E-state index contributed by atoms with van der Waals surface area (Å²) >= 11 is 0. The van der Waals surface area contributed by atoms with Crippen LogP contribution in [0.1, 0.15) is 31.1 Å². The van der Waals surface area contributed by atoms with E-state index >= 15 is 0 Å². The van der Waals surface area contributed by atoms with Crippen molar-refractivity contribution in [1.29, 1.82) is 0 Å². The van der Waals surface area contributed by atoms with Crippen molar-refractivity contribution in [2.75, 3.05) is 31.2 Å². The van der Waals surface area contributed by atoms with Crippen LogP contribution in [0.2, 0.25) is 0 Å². The van der Waals surface area contributed by atoms with Gasteiger partial charge in [-0.15, -0.1) is 0 Å². The first-order valence-electron chi connectivity index (χ1n) is 7.83. The van der Waals surface area contributed by atoms with Crippen molar-refractivity contribution in [1.82, 2.24) is 15.1 Å². The molecule has 4 rings (SSSR count). The third-order valence-electron chi connectivity index (χ3n) is 4.27. The fraction of sp³-hybridized carbons (Fsp3) is 0.235. The van der Waals surface area contributed by atoms with Crippen LogP contribution in [0.5, 0.6) is 0 Å². The molecule has 3 amide bonds. The molecule has 0 aliphatic carbocycles. The fourth-order valence-electron chi connectivity index (χ4n) is 2.93. The molecule has 1 aromatic carbocycles. The summed E-state index contributed by atoms with van der Waals surface area (Å²) in [6, 6.07) is 6.42. The Bertz CT molecular complexity index is 824. The van der Waals surface area contributed by atoms with Crippen LogP contribution in [0.4, 0.5) is 5.69 Å². The minimum Gasteiger partial charge on any atom is -0.378 e. The highest BCUT2D eigenvalue weighted by molar-refractivity contribution is 6.34. The van der Waals surface area contributed by atoms with E-state index in [1.165, 1.54) is 12.4 Å². The summed E-state index contributed by atoms with van der Waals surface area (Å²) in [5.41, 5.74) is 1.37. The predicted octanol–water partition coefficient (Wildman–Crippen LogP) is 0.750. The lowest BCUT2D eigenvalue weighted by molar-refractivity contribution is 0.0303. The smallest absolute Gasteiger partial charge is 0.267 e. The fourth-order valence-corrected chi connectivity index (χ4v) is 2.93. The number of morpholine rings is 1. The quantitative estimate of drug-likeness (QED) is 0.750. The number of benzene rings is 1. The molecule has 2 aromatic rings. The van der Waals surface area contributed by atoms with E-state index in [1.54, 1.807) is 29.2 Å². The second-order valence-electron chi connectivity index (χ2n) is 5.71. The maximum Gasteiger partial charge on any atom is 0.267 e. The summed E-state index contributed by atoms with van der Waals surface area (Å²) in [5.74, 6) is -0.977. The SMILES string of the molecule is O=C(c1ccc(N2C(=O)c3cnncc3C2=O)cc1)N1CCOCC1. The predicted molar refractivity (Wildman–Crippen MR) is 86.3 cm³/mol. The molecule has 2 aliphatic heterocycles. The largest absolute Gasteiger partial charge is 0.378 e. The minimum atomic E-state index is -0.442. The zero-order chi connectivity index (χ0) is 17.4. The van der Waals surface area contributed by atoms with Crippen molar-refractivity contribution >= 4 is 23.4 Å². The molecule has 25 heavy (non-hydrogen) atoms. The number of nitrogens with zero attached hydrogens (tertiary/aromatic N) is 4. The molecule has 0 spiro atoms. The van der Waals surface area contributed by atoms with E-state index in [9.17, 15) is 14.4 Å². The number of rotatable bonds is 2. The summed E-state index contributed by atoms with van der Waals surface area (Å²) in [4.78, 5) is 40.1. The van der Waals surface area contributed by atoms with Gasteiger partial charge in [0.15, 0.2) is 0 Å². The number of hydrogen-bond donors (Lipinski definition) is 0. The number of anilines is 1. The number of fused-ring (bicyclic) bond motifs is 1. The van der Waals surface area contributed by atoms with Crippen LogP contribution in [-0.4, -0.2) is 59.1 Å². The summed E-state index contributed by atoms with van der Waals surface area (Å²) in [6.07, 6.45) is 2.57. The molecule has 8 heteroatoms. The van der Waals surface area contributed by atoms with Crippen LogP contribution >= 0.6 is 0 Å². The average molecular weight is 338 g/mol.